The van der Waals surface area contributed by atoms with Crippen LogP contribution < -0.4 is 0 Å². The Bertz CT molecular complexity index is 424. The van der Waals surface area contributed by atoms with Crippen LogP contribution in [-0.4, -0.2) is 24.6 Å². The molecule has 1 heterocycles. The van der Waals surface area contributed by atoms with Crippen molar-refractivity contribution >= 4 is 11.9 Å². The zero-order valence-corrected chi connectivity index (χ0v) is 10.7. The quantitative estimate of drug-likeness (QED) is 0.553. The van der Waals surface area contributed by atoms with Crippen molar-refractivity contribution in [2.45, 2.75) is 32.8 Å². The molecular weight excluding hydrogens is 232 g/mol. The van der Waals surface area contributed by atoms with Crippen LogP contribution in [0.25, 0.3) is 0 Å². The lowest BCUT2D eigenvalue weighted by Gasteiger charge is -2.24. The molecule has 18 heavy (non-hydrogen) atoms. The summed E-state index contributed by atoms with van der Waals surface area (Å²) in [4.78, 5) is 23.7. The van der Waals surface area contributed by atoms with Crippen LogP contribution in [0.2, 0.25) is 0 Å². The second kappa shape index (κ2) is 3.84. The molecule has 1 aliphatic heterocycles. The molecular formula is C14H18O4. The average molecular weight is 250 g/mol. The zero-order chi connectivity index (χ0) is 12.9. The summed E-state index contributed by atoms with van der Waals surface area (Å²) in [5.74, 6) is 0.124. The van der Waals surface area contributed by atoms with Gasteiger partial charge in [0.1, 0.15) is 6.61 Å². The number of hydrogen-bond donors (Lipinski definition) is 0. The average Bonchev–Trinajstić information content (AvgIpc) is 2.99. The van der Waals surface area contributed by atoms with Gasteiger partial charge >= 0.3 is 11.9 Å². The maximum absolute atomic E-state index is 12.2. The number of cyclic esters (lactones) is 1. The molecule has 2 fully saturated rings. The lowest BCUT2D eigenvalue weighted by Crippen LogP contribution is -2.37. The molecule has 0 radical (unpaired) electrons. The van der Waals surface area contributed by atoms with E-state index in [0.717, 1.165) is 12.8 Å². The van der Waals surface area contributed by atoms with E-state index in [1.54, 1.807) is 0 Å². The van der Waals surface area contributed by atoms with Gasteiger partial charge in [-0.1, -0.05) is 26.0 Å². The molecule has 0 aromatic heterocycles. The molecule has 4 heteroatoms. The predicted molar refractivity (Wildman–Crippen MR) is 63.5 cm³/mol. The minimum atomic E-state index is -0.742. The van der Waals surface area contributed by atoms with Crippen LogP contribution in [0.3, 0.4) is 0 Å². The summed E-state index contributed by atoms with van der Waals surface area (Å²) < 4.78 is 10.4. The number of fused-ring (bicyclic) bond motifs is 2. The largest absolute Gasteiger partial charge is 0.462 e. The van der Waals surface area contributed by atoms with Crippen LogP contribution in [0.5, 0.6) is 0 Å². The van der Waals surface area contributed by atoms with E-state index in [4.69, 9.17) is 9.47 Å². The summed E-state index contributed by atoms with van der Waals surface area (Å²) in [6, 6.07) is 0. The van der Waals surface area contributed by atoms with E-state index in [1.807, 2.05) is 13.8 Å². The molecule has 0 aromatic carbocycles. The first-order valence-corrected chi connectivity index (χ1v) is 6.53. The van der Waals surface area contributed by atoms with Gasteiger partial charge in [-0.05, 0) is 24.7 Å². The number of ether oxygens (including phenoxy) is 2. The summed E-state index contributed by atoms with van der Waals surface area (Å²) in [6.07, 6.45) is 5.47. The van der Waals surface area contributed by atoms with Crippen molar-refractivity contribution < 1.29 is 19.1 Å². The number of rotatable bonds is 2. The lowest BCUT2D eigenvalue weighted by atomic mass is 9.89. The van der Waals surface area contributed by atoms with Crippen molar-refractivity contribution in [3.63, 3.8) is 0 Å². The van der Waals surface area contributed by atoms with Crippen LogP contribution in [0.15, 0.2) is 12.2 Å². The first-order chi connectivity index (χ1) is 8.47. The minimum absolute atomic E-state index is 0.0656. The third-order valence-electron chi connectivity index (χ3n) is 4.33. The highest BCUT2D eigenvalue weighted by molar-refractivity contribution is 5.83. The first-order valence-electron chi connectivity index (χ1n) is 6.53. The number of carbonyl (C=O) groups is 2. The van der Waals surface area contributed by atoms with E-state index in [-0.39, 0.29) is 11.9 Å². The molecule has 0 unspecified atom stereocenters. The molecule has 2 bridgehead atoms. The Labute approximate surface area is 106 Å². The molecule has 4 atom stereocenters. The van der Waals surface area contributed by atoms with Gasteiger partial charge in [0, 0.05) is 5.41 Å². The summed E-state index contributed by atoms with van der Waals surface area (Å²) in [5.41, 5.74) is -0.416. The van der Waals surface area contributed by atoms with Crippen molar-refractivity contribution in [1.82, 2.24) is 0 Å². The summed E-state index contributed by atoms with van der Waals surface area (Å²) >= 11 is 0. The topological polar surface area (TPSA) is 52.6 Å². The maximum atomic E-state index is 12.2. The van der Waals surface area contributed by atoms with Crippen molar-refractivity contribution in [3.8, 4) is 0 Å². The van der Waals surface area contributed by atoms with Crippen LogP contribution >= 0.6 is 0 Å². The summed E-state index contributed by atoms with van der Waals surface area (Å²) in [5, 5.41) is 0. The molecule has 3 aliphatic rings. The van der Waals surface area contributed by atoms with Gasteiger partial charge in [-0.3, -0.25) is 4.79 Å². The molecule has 3 rings (SSSR count). The third kappa shape index (κ3) is 1.74. The van der Waals surface area contributed by atoms with E-state index in [0.29, 0.717) is 18.4 Å². The van der Waals surface area contributed by atoms with Gasteiger partial charge in [0.25, 0.3) is 0 Å². The number of hydrogen-bond acceptors (Lipinski definition) is 4. The second-order valence-corrected chi connectivity index (χ2v) is 6.30. The van der Waals surface area contributed by atoms with Crippen molar-refractivity contribution in [2.75, 3.05) is 6.61 Å². The first kappa shape index (κ1) is 11.8. The van der Waals surface area contributed by atoms with Crippen LogP contribution in [-0.2, 0) is 19.1 Å². The van der Waals surface area contributed by atoms with Crippen LogP contribution in [0, 0.1) is 23.2 Å². The van der Waals surface area contributed by atoms with Gasteiger partial charge in [-0.2, -0.15) is 0 Å². The molecule has 2 aliphatic carbocycles. The molecule has 0 amide bonds. The fraction of sp³-hybridized carbons (Fsp3) is 0.714. The number of carbonyl (C=O) groups excluding carboxylic acids is 2. The number of allylic oxidation sites excluding steroid dienone is 2. The number of esters is 2. The van der Waals surface area contributed by atoms with E-state index in [9.17, 15) is 9.59 Å². The van der Waals surface area contributed by atoms with E-state index in [2.05, 4.69) is 12.2 Å². The Morgan fingerprint density at radius 2 is 2.17 bits per heavy atom. The Hall–Kier alpha value is -1.32. The second-order valence-electron chi connectivity index (χ2n) is 6.30. The molecule has 98 valence electrons. The Morgan fingerprint density at radius 3 is 2.67 bits per heavy atom. The highest BCUT2D eigenvalue weighted by Crippen LogP contribution is 2.44. The van der Waals surface area contributed by atoms with Gasteiger partial charge in [0.2, 0.25) is 6.10 Å². The molecule has 1 saturated carbocycles. The smallest absolute Gasteiger partial charge is 0.348 e. The van der Waals surface area contributed by atoms with Crippen molar-refractivity contribution in [3.05, 3.63) is 12.2 Å². The van der Waals surface area contributed by atoms with Gasteiger partial charge in [0.05, 0.1) is 5.92 Å². The molecule has 1 saturated heterocycles. The third-order valence-corrected chi connectivity index (χ3v) is 4.33. The fourth-order valence-corrected chi connectivity index (χ4v) is 3.19. The van der Waals surface area contributed by atoms with E-state index >= 15 is 0 Å². The van der Waals surface area contributed by atoms with Crippen molar-refractivity contribution in [1.29, 1.82) is 0 Å². The fourth-order valence-electron chi connectivity index (χ4n) is 3.19. The predicted octanol–water partition coefficient (Wildman–Crippen LogP) is 1.69. The summed E-state index contributed by atoms with van der Waals surface area (Å²) in [6.45, 7) is 4.09. The van der Waals surface area contributed by atoms with Gasteiger partial charge < -0.3 is 9.47 Å². The normalized spacial score (nSPS) is 40.0. The molecule has 0 N–H and O–H groups in total. The zero-order valence-electron chi connectivity index (χ0n) is 10.7. The SMILES string of the molecule is CC1(C)COC(=O)[C@@H]1OC(=O)[C@@H]1C[C@H]2C=C[C@@H]1C2. The molecule has 0 aromatic rings. The Kier molecular flexibility index (Phi) is 2.50. The van der Waals surface area contributed by atoms with Gasteiger partial charge in [-0.15, -0.1) is 0 Å². The van der Waals surface area contributed by atoms with Crippen LogP contribution in [0.4, 0.5) is 0 Å². The van der Waals surface area contributed by atoms with E-state index in [1.165, 1.54) is 0 Å². The monoisotopic (exact) mass is 250 g/mol. The van der Waals surface area contributed by atoms with Crippen LogP contribution in [0.1, 0.15) is 26.7 Å². The standard InChI is InChI=1S/C14H18O4/c1-14(2)7-17-13(16)11(14)18-12(15)10-6-8-3-4-9(10)5-8/h3-4,8-11H,5-7H2,1-2H3/t8-,9+,10+,11-/m0/s1. The van der Waals surface area contributed by atoms with E-state index < -0.39 is 17.5 Å². The van der Waals surface area contributed by atoms with Gasteiger partial charge in [0.15, 0.2) is 0 Å². The molecule has 0 spiro atoms. The maximum Gasteiger partial charge on any atom is 0.348 e. The summed E-state index contributed by atoms with van der Waals surface area (Å²) in [7, 11) is 0. The van der Waals surface area contributed by atoms with Gasteiger partial charge in [-0.25, -0.2) is 4.79 Å². The Morgan fingerprint density at radius 1 is 1.39 bits per heavy atom. The molecule has 4 nitrogen and oxygen atoms in total. The minimum Gasteiger partial charge on any atom is -0.462 e. The highest BCUT2D eigenvalue weighted by Gasteiger charge is 2.49. The Balaban J connectivity index is 1.68. The van der Waals surface area contributed by atoms with Crippen molar-refractivity contribution in [2.24, 2.45) is 23.2 Å². The highest BCUT2D eigenvalue weighted by atomic mass is 16.6. The lowest BCUT2D eigenvalue weighted by molar-refractivity contribution is -0.167.